The number of rotatable bonds is 12. The minimum Gasteiger partial charge on any atom is -0.342 e. The second-order valence-electron chi connectivity index (χ2n) is 18.7. The zero-order valence-electron chi connectivity index (χ0n) is 32.0. The fourth-order valence-corrected chi connectivity index (χ4v) is 12.8. The van der Waals surface area contributed by atoms with Crippen LogP contribution in [0.25, 0.3) is 0 Å². The predicted octanol–water partition coefficient (Wildman–Crippen LogP) is 4.71. The zero-order valence-corrected chi connectivity index (χ0v) is 33.6. The van der Waals surface area contributed by atoms with Crippen LogP contribution in [0.15, 0.2) is 0 Å². The number of carbonyl (C=O) groups excluding carboxylic acids is 4. The first-order valence-corrected chi connectivity index (χ1v) is 21.0. The van der Waals surface area contributed by atoms with Crippen molar-refractivity contribution in [1.82, 2.24) is 20.3 Å². The van der Waals surface area contributed by atoms with Crippen LogP contribution >= 0.6 is 12.4 Å². The zero-order chi connectivity index (χ0) is 36.7. The van der Waals surface area contributed by atoms with Gasteiger partial charge in [0.1, 0.15) is 17.6 Å². The summed E-state index contributed by atoms with van der Waals surface area (Å²) in [6.07, 6.45) is 11.9. The fraction of sp³-hybridized carbons (Fsp3) is 0.895. The Balaban J connectivity index is 0.00000504. The first-order valence-electron chi connectivity index (χ1n) is 19.5. The van der Waals surface area contributed by atoms with E-state index in [4.69, 9.17) is 5.73 Å². The molecular formula is C38H64ClN5O6S. The first kappa shape index (κ1) is 40.3. The van der Waals surface area contributed by atoms with Gasteiger partial charge in [-0.25, -0.2) is 8.42 Å². The van der Waals surface area contributed by atoms with Gasteiger partial charge in [0.2, 0.25) is 27.7 Å². The Morgan fingerprint density at radius 1 is 0.922 bits per heavy atom. The van der Waals surface area contributed by atoms with Crippen molar-refractivity contribution in [2.75, 3.05) is 6.54 Å². The molecule has 11 nitrogen and oxygen atoms in total. The second-order valence-corrected chi connectivity index (χ2v) is 20.8. The molecule has 290 valence electrons. The molecule has 1 aliphatic heterocycles. The van der Waals surface area contributed by atoms with Crippen LogP contribution in [0.5, 0.6) is 0 Å². The molecule has 5 saturated carbocycles. The SMILES string of the molecule is CCCC1(S(=O)(=O)NC(=O)[C@@]2(NC(=O)[C@@H]3C[C@@]4(CN3C(=O)[C@@H](NC(=O)[C@@H](N)C3CCCCC3)C(C)(C)C)C(C)(C)C43CCC3)C[C@@H]2CC)CC1.Cl. The molecule has 5 aliphatic carbocycles. The highest BCUT2D eigenvalue weighted by molar-refractivity contribution is 7.91. The lowest BCUT2D eigenvalue weighted by molar-refractivity contribution is -0.145. The molecule has 6 atom stereocenters. The van der Waals surface area contributed by atoms with E-state index in [0.717, 1.165) is 51.4 Å². The third-order valence-electron chi connectivity index (χ3n) is 14.9. The first-order chi connectivity index (χ1) is 23.3. The quantitative estimate of drug-likeness (QED) is 0.224. The number of sulfonamides is 1. The number of carbonyl (C=O) groups is 4. The Hall–Kier alpha value is -1.92. The molecule has 0 unspecified atom stereocenters. The molecule has 1 heterocycles. The standard InChI is InChI=1S/C38H63N5O6S.ClH/c1-8-16-35(19-20-35)50(48,49)42-32(47)38(21-25(38)9-2)41-29(44)26-22-37(34(6,7)36(37)17-13-18-36)23-43(26)31(46)28(33(3,4)5)40-30(45)27(39)24-14-11-10-12-15-24;/h24-28H,8-23,39H2,1-7H3,(H,40,45)(H,41,44)(H,42,47);1H/t25-,26-,27-,28+,37+,38+;/m0./s1. The highest BCUT2D eigenvalue weighted by Gasteiger charge is 2.85. The van der Waals surface area contributed by atoms with Crippen molar-refractivity contribution in [3.05, 3.63) is 0 Å². The van der Waals surface area contributed by atoms with E-state index in [2.05, 4.69) is 29.2 Å². The van der Waals surface area contributed by atoms with Gasteiger partial charge in [-0.1, -0.05) is 87.0 Å². The summed E-state index contributed by atoms with van der Waals surface area (Å²) < 4.78 is 28.3. The molecule has 0 radical (unpaired) electrons. The van der Waals surface area contributed by atoms with Crippen LogP contribution in [0.2, 0.25) is 0 Å². The summed E-state index contributed by atoms with van der Waals surface area (Å²) in [6, 6.07) is -2.47. The van der Waals surface area contributed by atoms with Crippen molar-refractivity contribution >= 4 is 46.1 Å². The molecule has 0 bridgehead atoms. The molecule has 6 aliphatic rings. The molecule has 6 rings (SSSR count). The Labute approximate surface area is 312 Å². The average Bonchev–Trinajstić information content (AvgIpc) is 3.96. The number of amides is 4. The lowest BCUT2D eigenvalue weighted by atomic mass is 9.73. The van der Waals surface area contributed by atoms with E-state index in [0.29, 0.717) is 51.5 Å². The van der Waals surface area contributed by atoms with Crippen molar-refractivity contribution in [1.29, 1.82) is 0 Å². The highest BCUT2D eigenvalue weighted by atomic mass is 35.5. The number of fused-ring (bicyclic) bond motifs is 1. The Morgan fingerprint density at radius 3 is 2.02 bits per heavy atom. The highest BCUT2D eigenvalue weighted by Crippen LogP contribution is 2.88. The van der Waals surface area contributed by atoms with E-state index >= 15 is 0 Å². The van der Waals surface area contributed by atoms with Gasteiger partial charge in [-0.15, -0.1) is 12.4 Å². The Kier molecular flexibility index (Phi) is 10.6. The normalized spacial score (nSPS) is 32.6. The number of likely N-dealkylation sites (tertiary alicyclic amines) is 1. The van der Waals surface area contributed by atoms with E-state index in [9.17, 15) is 27.6 Å². The number of hydrogen-bond acceptors (Lipinski definition) is 7. The molecular weight excluding hydrogens is 690 g/mol. The van der Waals surface area contributed by atoms with Gasteiger partial charge >= 0.3 is 0 Å². The van der Waals surface area contributed by atoms with Gasteiger partial charge in [-0.2, -0.15) is 0 Å². The summed E-state index contributed by atoms with van der Waals surface area (Å²) in [6.45, 7) is 14.5. The van der Waals surface area contributed by atoms with Crippen molar-refractivity contribution in [2.24, 2.45) is 39.2 Å². The number of nitrogens with two attached hydrogens (primary N) is 1. The number of hydrogen-bond donors (Lipinski definition) is 4. The van der Waals surface area contributed by atoms with Crippen LogP contribution in [0.4, 0.5) is 0 Å². The van der Waals surface area contributed by atoms with Crippen LogP contribution in [0, 0.1) is 33.5 Å². The lowest BCUT2D eigenvalue weighted by Crippen LogP contribution is -2.61. The fourth-order valence-electron chi connectivity index (χ4n) is 11.0. The largest absolute Gasteiger partial charge is 0.342 e. The van der Waals surface area contributed by atoms with Gasteiger partial charge in [0.05, 0.1) is 10.8 Å². The smallest absolute Gasteiger partial charge is 0.259 e. The molecule has 51 heavy (non-hydrogen) atoms. The van der Waals surface area contributed by atoms with E-state index in [1.807, 2.05) is 34.6 Å². The van der Waals surface area contributed by atoms with E-state index in [1.165, 1.54) is 0 Å². The minimum atomic E-state index is -3.92. The Morgan fingerprint density at radius 2 is 1.55 bits per heavy atom. The molecule has 5 N–H and O–H groups in total. The van der Waals surface area contributed by atoms with Gasteiger partial charge in [0, 0.05) is 12.0 Å². The number of nitrogens with one attached hydrogen (secondary N) is 3. The van der Waals surface area contributed by atoms with Crippen molar-refractivity contribution in [3.8, 4) is 0 Å². The van der Waals surface area contributed by atoms with Gasteiger partial charge in [0.15, 0.2) is 0 Å². The van der Waals surface area contributed by atoms with Crippen LogP contribution < -0.4 is 21.1 Å². The molecule has 4 amide bonds. The van der Waals surface area contributed by atoms with E-state index in [-0.39, 0.29) is 52.3 Å². The van der Waals surface area contributed by atoms with Gasteiger partial charge < -0.3 is 21.3 Å². The summed E-state index contributed by atoms with van der Waals surface area (Å²) in [5, 5.41) is 6.08. The van der Waals surface area contributed by atoms with E-state index in [1.54, 1.807) is 4.90 Å². The van der Waals surface area contributed by atoms with Crippen LogP contribution in [0.1, 0.15) is 145 Å². The maximum atomic E-state index is 14.8. The molecule has 0 aromatic heterocycles. The predicted molar refractivity (Wildman–Crippen MR) is 199 cm³/mol. The third-order valence-corrected chi connectivity index (χ3v) is 17.1. The summed E-state index contributed by atoms with van der Waals surface area (Å²) in [5.41, 5.74) is 4.20. The topological polar surface area (TPSA) is 168 Å². The van der Waals surface area contributed by atoms with Crippen molar-refractivity contribution < 1.29 is 27.6 Å². The third kappa shape index (κ3) is 6.22. The summed E-state index contributed by atoms with van der Waals surface area (Å²) >= 11 is 0. The van der Waals surface area contributed by atoms with Gasteiger partial charge in [0.25, 0.3) is 5.91 Å². The maximum Gasteiger partial charge on any atom is 0.259 e. The molecule has 2 spiro atoms. The van der Waals surface area contributed by atoms with Gasteiger partial charge in [-0.05, 0) is 85.9 Å². The summed E-state index contributed by atoms with van der Waals surface area (Å²) in [4.78, 5) is 58.6. The van der Waals surface area contributed by atoms with Crippen LogP contribution in [-0.2, 0) is 29.2 Å². The van der Waals surface area contributed by atoms with E-state index < -0.39 is 55.7 Å². The molecule has 0 aromatic carbocycles. The van der Waals surface area contributed by atoms with Crippen molar-refractivity contribution in [2.45, 2.75) is 173 Å². The second kappa shape index (κ2) is 13.4. The molecule has 0 aromatic rings. The minimum absolute atomic E-state index is 0. The maximum absolute atomic E-state index is 14.8. The monoisotopic (exact) mass is 753 g/mol. The van der Waals surface area contributed by atoms with Crippen LogP contribution in [0.3, 0.4) is 0 Å². The lowest BCUT2D eigenvalue weighted by Gasteiger charge is -2.37. The Bertz CT molecular complexity index is 1510. The van der Waals surface area contributed by atoms with Crippen LogP contribution in [-0.4, -0.2) is 71.9 Å². The molecule has 13 heteroatoms. The van der Waals surface area contributed by atoms with Gasteiger partial charge in [-0.3, -0.25) is 23.9 Å². The molecule has 6 fully saturated rings. The summed E-state index contributed by atoms with van der Waals surface area (Å²) in [5.74, 6) is -1.88. The number of halogens is 1. The summed E-state index contributed by atoms with van der Waals surface area (Å²) in [7, 11) is -3.92. The average molecular weight is 754 g/mol. The molecule has 1 saturated heterocycles. The van der Waals surface area contributed by atoms with Crippen molar-refractivity contribution in [3.63, 3.8) is 0 Å². The number of nitrogens with zero attached hydrogens (tertiary/aromatic N) is 1.